The minimum atomic E-state index is -0.170. The summed E-state index contributed by atoms with van der Waals surface area (Å²) in [6.45, 7) is 4.55. The van der Waals surface area contributed by atoms with E-state index in [0.717, 1.165) is 69.3 Å². The molecule has 4 heterocycles. The van der Waals surface area contributed by atoms with Crippen LogP contribution in [0.25, 0.3) is 68.1 Å². The SMILES string of the molecule is CCC(CC)(c1ccc(-c2cc(-c3ccccn3)nc(-c3ccccc3)n2)cc1)c1ccc(-c2cc(-c3ccccn3)nc(-c3ccccc3)n2)cc1. The molecule has 0 bridgehead atoms. The molecule has 0 saturated carbocycles. The molecule has 0 amide bonds. The Hall–Kier alpha value is -6.66. The van der Waals surface area contributed by atoms with E-state index in [2.05, 4.69) is 72.3 Å². The highest BCUT2D eigenvalue weighted by atomic mass is 14.9. The molecule has 4 aromatic carbocycles. The molecule has 256 valence electrons. The molecule has 8 aromatic rings. The molecule has 0 aliphatic heterocycles. The van der Waals surface area contributed by atoms with Crippen LogP contribution in [0.5, 0.6) is 0 Å². The van der Waals surface area contributed by atoms with Crippen molar-refractivity contribution in [3.8, 4) is 68.1 Å². The summed E-state index contributed by atoms with van der Waals surface area (Å²) in [4.78, 5) is 29.0. The summed E-state index contributed by atoms with van der Waals surface area (Å²) >= 11 is 0. The van der Waals surface area contributed by atoms with E-state index in [1.165, 1.54) is 11.1 Å². The van der Waals surface area contributed by atoms with Crippen LogP contribution in [-0.4, -0.2) is 29.9 Å². The number of aromatic nitrogens is 6. The van der Waals surface area contributed by atoms with Crippen LogP contribution < -0.4 is 0 Å². The molecule has 0 radical (unpaired) electrons. The lowest BCUT2D eigenvalue weighted by molar-refractivity contribution is 0.478. The molecule has 0 atom stereocenters. The molecule has 0 N–H and O–H groups in total. The third-order valence-electron chi connectivity index (χ3n) is 10.0. The summed E-state index contributed by atoms with van der Waals surface area (Å²) in [6.07, 6.45) is 5.50. The van der Waals surface area contributed by atoms with Crippen LogP contribution in [0.1, 0.15) is 37.8 Å². The molecular formula is C47H38N6. The van der Waals surface area contributed by atoms with Crippen LogP contribution in [0.15, 0.2) is 170 Å². The minimum absolute atomic E-state index is 0.170. The third kappa shape index (κ3) is 6.87. The van der Waals surface area contributed by atoms with E-state index in [4.69, 9.17) is 19.9 Å². The minimum Gasteiger partial charge on any atom is -0.255 e. The maximum atomic E-state index is 5.03. The second-order valence-electron chi connectivity index (χ2n) is 13.0. The first-order valence-corrected chi connectivity index (χ1v) is 18.1. The first-order valence-electron chi connectivity index (χ1n) is 18.1. The standard InChI is InChI=1S/C47H38N6/c1-3-47(4-2,37-25-21-33(22-26-37)41-31-43(39-19-11-13-29-48-39)52-45(50-41)35-15-7-5-8-16-35)38-27-23-34(24-28-38)42-32-44(40-20-12-14-30-49-40)53-46(51-42)36-17-9-6-10-18-36/h5-32H,3-4H2,1-2H3. The quantitative estimate of drug-likeness (QED) is 0.142. The normalized spacial score (nSPS) is 11.4. The Labute approximate surface area is 310 Å². The lowest BCUT2D eigenvalue weighted by Crippen LogP contribution is -2.26. The topological polar surface area (TPSA) is 77.3 Å². The fourth-order valence-corrected chi connectivity index (χ4v) is 7.07. The maximum absolute atomic E-state index is 5.03. The van der Waals surface area contributed by atoms with Crippen molar-refractivity contribution in [1.29, 1.82) is 0 Å². The van der Waals surface area contributed by atoms with Gasteiger partial charge in [0.2, 0.25) is 0 Å². The van der Waals surface area contributed by atoms with Gasteiger partial charge in [-0.2, -0.15) is 0 Å². The Morgan fingerprint density at radius 1 is 0.358 bits per heavy atom. The Morgan fingerprint density at radius 2 is 0.736 bits per heavy atom. The third-order valence-corrected chi connectivity index (χ3v) is 10.0. The molecule has 0 aliphatic rings. The number of rotatable bonds is 10. The second-order valence-corrected chi connectivity index (χ2v) is 13.0. The number of nitrogens with zero attached hydrogens (tertiary/aromatic N) is 6. The van der Waals surface area contributed by atoms with Gasteiger partial charge < -0.3 is 0 Å². The summed E-state index contributed by atoms with van der Waals surface area (Å²) in [5.74, 6) is 1.35. The zero-order valence-corrected chi connectivity index (χ0v) is 29.8. The van der Waals surface area contributed by atoms with Crippen molar-refractivity contribution in [2.75, 3.05) is 0 Å². The number of benzene rings is 4. The molecule has 0 unspecified atom stereocenters. The molecule has 6 nitrogen and oxygen atoms in total. The van der Waals surface area contributed by atoms with Crippen LogP contribution in [0.3, 0.4) is 0 Å². The van der Waals surface area contributed by atoms with Crippen LogP contribution in [-0.2, 0) is 5.41 Å². The Balaban J connectivity index is 1.14. The van der Waals surface area contributed by atoms with Crippen molar-refractivity contribution >= 4 is 0 Å². The van der Waals surface area contributed by atoms with Gasteiger partial charge in [0, 0.05) is 40.1 Å². The van der Waals surface area contributed by atoms with Gasteiger partial charge in [-0.1, -0.05) is 135 Å². The van der Waals surface area contributed by atoms with Crippen LogP contribution >= 0.6 is 0 Å². The highest BCUT2D eigenvalue weighted by molar-refractivity contribution is 5.72. The van der Waals surface area contributed by atoms with Crippen molar-refractivity contribution in [2.45, 2.75) is 32.1 Å². The second kappa shape index (κ2) is 14.9. The van der Waals surface area contributed by atoms with E-state index in [9.17, 15) is 0 Å². The first kappa shape index (κ1) is 33.5. The summed E-state index contributed by atoms with van der Waals surface area (Å²) < 4.78 is 0. The van der Waals surface area contributed by atoms with Gasteiger partial charge in [-0.3, -0.25) is 9.97 Å². The van der Waals surface area contributed by atoms with E-state index in [-0.39, 0.29) is 5.41 Å². The smallest absolute Gasteiger partial charge is 0.160 e. The summed E-state index contributed by atoms with van der Waals surface area (Å²) in [7, 11) is 0. The van der Waals surface area contributed by atoms with Gasteiger partial charge in [0.05, 0.1) is 34.2 Å². The summed E-state index contributed by atoms with van der Waals surface area (Å²) in [5.41, 5.74) is 11.3. The van der Waals surface area contributed by atoms with Crippen LogP contribution in [0, 0.1) is 0 Å². The van der Waals surface area contributed by atoms with Crippen molar-refractivity contribution < 1.29 is 0 Å². The van der Waals surface area contributed by atoms with Crippen molar-refractivity contribution in [3.63, 3.8) is 0 Å². The lowest BCUT2D eigenvalue weighted by Gasteiger charge is -2.33. The van der Waals surface area contributed by atoms with Crippen LogP contribution in [0.4, 0.5) is 0 Å². The van der Waals surface area contributed by atoms with Gasteiger partial charge in [0.15, 0.2) is 11.6 Å². The molecular weight excluding hydrogens is 649 g/mol. The Morgan fingerprint density at radius 3 is 1.09 bits per heavy atom. The van der Waals surface area contributed by atoms with E-state index in [1.807, 2.05) is 109 Å². The average molecular weight is 687 g/mol. The van der Waals surface area contributed by atoms with Gasteiger partial charge in [0.1, 0.15) is 0 Å². The van der Waals surface area contributed by atoms with Crippen molar-refractivity contribution in [1.82, 2.24) is 29.9 Å². The van der Waals surface area contributed by atoms with Gasteiger partial charge in [-0.25, -0.2) is 19.9 Å². The van der Waals surface area contributed by atoms with Gasteiger partial charge in [-0.05, 0) is 60.4 Å². The van der Waals surface area contributed by atoms with Crippen molar-refractivity contribution in [3.05, 3.63) is 181 Å². The monoisotopic (exact) mass is 686 g/mol. The highest BCUT2D eigenvalue weighted by Gasteiger charge is 2.31. The van der Waals surface area contributed by atoms with E-state index in [1.54, 1.807) is 12.4 Å². The Bertz CT molecular complexity index is 2140. The van der Waals surface area contributed by atoms with E-state index >= 15 is 0 Å². The van der Waals surface area contributed by atoms with Gasteiger partial charge >= 0.3 is 0 Å². The average Bonchev–Trinajstić information content (AvgIpc) is 3.26. The predicted molar refractivity (Wildman–Crippen MR) is 214 cm³/mol. The predicted octanol–water partition coefficient (Wildman–Crippen LogP) is 11.2. The molecule has 0 saturated heterocycles. The molecule has 6 heteroatoms. The fourth-order valence-electron chi connectivity index (χ4n) is 7.07. The molecule has 0 fully saturated rings. The maximum Gasteiger partial charge on any atom is 0.160 e. The van der Waals surface area contributed by atoms with E-state index < -0.39 is 0 Å². The number of hydrogen-bond acceptors (Lipinski definition) is 6. The van der Waals surface area contributed by atoms with Crippen molar-refractivity contribution in [2.24, 2.45) is 0 Å². The summed E-state index contributed by atoms with van der Waals surface area (Å²) in [6, 6.07) is 53.9. The number of hydrogen-bond donors (Lipinski definition) is 0. The zero-order chi connectivity index (χ0) is 36.0. The van der Waals surface area contributed by atoms with Gasteiger partial charge in [-0.15, -0.1) is 0 Å². The molecule has 8 rings (SSSR count). The van der Waals surface area contributed by atoms with Gasteiger partial charge in [0.25, 0.3) is 0 Å². The summed E-state index contributed by atoms with van der Waals surface area (Å²) in [5, 5.41) is 0. The highest BCUT2D eigenvalue weighted by Crippen LogP contribution is 2.40. The largest absolute Gasteiger partial charge is 0.255 e. The molecule has 53 heavy (non-hydrogen) atoms. The Kier molecular flexibility index (Phi) is 9.41. The molecule has 0 spiro atoms. The first-order chi connectivity index (χ1) is 26.1. The zero-order valence-electron chi connectivity index (χ0n) is 29.8. The van der Waals surface area contributed by atoms with Crippen LogP contribution in [0.2, 0.25) is 0 Å². The number of pyridine rings is 2. The molecule has 0 aliphatic carbocycles. The fraction of sp³-hybridized carbons (Fsp3) is 0.106. The lowest BCUT2D eigenvalue weighted by atomic mass is 9.70. The van der Waals surface area contributed by atoms with E-state index in [0.29, 0.717) is 11.6 Å². The molecule has 4 aromatic heterocycles.